The normalized spacial score (nSPS) is 12.4. The fourth-order valence-corrected chi connectivity index (χ4v) is 9.42. The van der Waals surface area contributed by atoms with E-state index in [-0.39, 0.29) is 96.6 Å². The molecule has 0 fully saturated rings. The molecule has 1 aromatic rings. The predicted octanol–water partition coefficient (Wildman–Crippen LogP) is 3.02. The van der Waals surface area contributed by atoms with Crippen LogP contribution in [0.3, 0.4) is 0 Å². The first-order valence-corrected chi connectivity index (χ1v) is 30.7. The molecular formula is C52H92N11O16PS. The van der Waals surface area contributed by atoms with Crippen molar-refractivity contribution < 1.29 is 76.4 Å². The maximum absolute atomic E-state index is 12.6. The van der Waals surface area contributed by atoms with Crippen molar-refractivity contribution in [3.05, 3.63) is 18.0 Å². The predicted molar refractivity (Wildman–Crippen MR) is 302 cm³/mol. The van der Waals surface area contributed by atoms with Gasteiger partial charge in [-0.1, -0.05) is 97.4 Å². The number of aromatic nitrogens is 4. The van der Waals surface area contributed by atoms with Crippen LogP contribution < -0.4 is 36.4 Å². The number of amides is 6. The summed E-state index contributed by atoms with van der Waals surface area (Å²) in [4.78, 5) is 109. The summed E-state index contributed by atoms with van der Waals surface area (Å²) in [6.07, 6.45) is 16.6. The number of rotatable bonds is 54. The fourth-order valence-electron chi connectivity index (χ4n) is 8.04. The molecule has 11 N–H and O–H groups in total. The zero-order valence-corrected chi connectivity index (χ0v) is 49.0. The number of carboxylic acids is 3. The Labute approximate surface area is 478 Å². The smallest absolute Gasteiger partial charge is 0.326 e. The molecule has 462 valence electrons. The summed E-state index contributed by atoms with van der Waals surface area (Å²) in [5.41, 5.74) is 0.850. The van der Waals surface area contributed by atoms with Crippen molar-refractivity contribution in [3.63, 3.8) is 0 Å². The molecule has 1 aromatic heterocycles. The van der Waals surface area contributed by atoms with E-state index in [1.54, 1.807) is 0 Å². The van der Waals surface area contributed by atoms with Crippen molar-refractivity contribution in [2.45, 2.75) is 204 Å². The Hall–Kier alpha value is -5.70. The van der Waals surface area contributed by atoms with Crippen LogP contribution in [0.25, 0.3) is 0 Å². The number of H-pyrrole nitrogens is 1. The highest BCUT2D eigenvalue weighted by atomic mass is 32.2. The number of tetrazole rings is 1. The van der Waals surface area contributed by atoms with E-state index in [4.69, 9.17) is 14.6 Å². The highest BCUT2D eigenvalue weighted by Gasteiger charge is 2.25. The van der Waals surface area contributed by atoms with Gasteiger partial charge in [-0.25, -0.2) is 18.0 Å². The van der Waals surface area contributed by atoms with Crippen LogP contribution in [0.15, 0.2) is 12.2 Å². The standard InChI is InChI=1S/C52H92N11O16PS/c1-39(24-27-45(65)53-31-16-15-19-42(60-80)52(74)75)30-34-78-36-37-79-35-33-55-46(66)28-25-40(50(70)71)57-48(68)29-26-41(51(72)73)56-47(67)22-17-32-54-44(64)23-18-38-81(76,77)61-49(69)21-14-12-10-8-6-4-2-3-5-7-9-11-13-20-43-58-62-63-59-43/h40-42,60H,1-38,80H2,(H,53,65)(H,54,64)(H,55,66)(H,56,67)(H,57,68)(H,61,69)(H,70,71)(H,72,73)(H,74,75)(H,58,59,62,63)/t40?,41?,42-/m0/s1. The molecule has 0 aliphatic carbocycles. The Morgan fingerprint density at radius 3 is 1.54 bits per heavy atom. The minimum atomic E-state index is -3.93. The Balaban J connectivity index is 2.11. The quantitative estimate of drug-likeness (QED) is 0.0254. The molecule has 1 rings (SSSR count). The summed E-state index contributed by atoms with van der Waals surface area (Å²) in [5, 5.41) is 57.4. The number of sulfonamides is 1. The summed E-state index contributed by atoms with van der Waals surface area (Å²) >= 11 is 0. The van der Waals surface area contributed by atoms with E-state index >= 15 is 0 Å². The second-order valence-corrected chi connectivity index (χ2v) is 22.0. The van der Waals surface area contributed by atoms with Crippen molar-refractivity contribution >= 4 is 72.8 Å². The van der Waals surface area contributed by atoms with Gasteiger partial charge in [-0.2, -0.15) is 5.21 Å². The van der Waals surface area contributed by atoms with Gasteiger partial charge in [0.05, 0.1) is 32.2 Å². The summed E-state index contributed by atoms with van der Waals surface area (Å²) in [6.45, 7) is 5.64. The summed E-state index contributed by atoms with van der Waals surface area (Å²) < 4.78 is 37.8. The van der Waals surface area contributed by atoms with Crippen molar-refractivity contribution in [1.82, 2.24) is 57.0 Å². The maximum atomic E-state index is 12.6. The van der Waals surface area contributed by atoms with Gasteiger partial charge in [-0.05, 0) is 70.6 Å². The molecule has 0 radical (unpaired) electrons. The van der Waals surface area contributed by atoms with Crippen LogP contribution in [-0.2, 0) is 69.1 Å². The SMILES string of the molecule is C=C(CCOCCOCCNC(=O)CCC(NC(=O)CCC(NC(=O)CCCNC(=O)CCCS(=O)(=O)NC(=O)CCCCCCCCCCCCCCCc1nn[nH]n1)C(=O)O)C(=O)O)CCC(=O)NCCCC[C@H](NP)C(=O)O. The highest BCUT2D eigenvalue weighted by molar-refractivity contribution is 7.90. The van der Waals surface area contributed by atoms with E-state index in [1.165, 1.54) is 44.9 Å². The number of aromatic amines is 1. The molecule has 0 saturated carbocycles. The van der Waals surface area contributed by atoms with E-state index in [2.05, 4.69) is 73.0 Å². The molecule has 1 heterocycles. The third-order valence-corrected chi connectivity index (χ3v) is 14.5. The zero-order valence-electron chi connectivity index (χ0n) is 47.1. The number of hydrogen-bond acceptors (Lipinski definition) is 17. The van der Waals surface area contributed by atoms with Crippen LogP contribution in [0.1, 0.15) is 186 Å². The second kappa shape index (κ2) is 46.9. The number of nitrogens with zero attached hydrogens (tertiary/aromatic N) is 3. The molecule has 0 spiro atoms. The van der Waals surface area contributed by atoms with Gasteiger partial charge in [0.1, 0.15) is 18.1 Å². The van der Waals surface area contributed by atoms with Gasteiger partial charge in [0, 0.05) is 64.6 Å². The maximum Gasteiger partial charge on any atom is 0.326 e. The Morgan fingerprint density at radius 2 is 0.975 bits per heavy atom. The number of unbranched alkanes of at least 4 members (excludes halogenated alkanes) is 13. The van der Waals surface area contributed by atoms with Crippen LogP contribution >= 0.6 is 9.39 Å². The first kappa shape index (κ1) is 73.3. The number of aliphatic carboxylic acids is 3. The monoisotopic (exact) mass is 1190 g/mol. The molecule has 27 nitrogen and oxygen atoms in total. The average Bonchev–Trinajstić information content (AvgIpc) is 3.94. The minimum Gasteiger partial charge on any atom is -0.480 e. The molecule has 0 saturated heterocycles. The molecule has 29 heteroatoms. The number of ether oxygens (including phenoxy) is 2. The lowest BCUT2D eigenvalue weighted by Crippen LogP contribution is -2.44. The zero-order chi connectivity index (χ0) is 59.9. The number of carbonyl (C=O) groups is 9. The van der Waals surface area contributed by atoms with Gasteiger partial charge in [0.2, 0.25) is 45.5 Å². The molecule has 6 amide bonds. The van der Waals surface area contributed by atoms with Gasteiger partial charge < -0.3 is 51.4 Å². The van der Waals surface area contributed by atoms with Crippen molar-refractivity contribution in [2.24, 2.45) is 0 Å². The number of carboxylic acid groups (broad SMARTS) is 3. The summed E-state index contributed by atoms with van der Waals surface area (Å²) in [5.74, 6) is -6.56. The molecule has 3 unspecified atom stereocenters. The Morgan fingerprint density at radius 1 is 0.494 bits per heavy atom. The second-order valence-electron chi connectivity index (χ2n) is 19.8. The molecule has 81 heavy (non-hydrogen) atoms. The fraction of sp³-hybridized carbons (Fsp3) is 0.769. The minimum absolute atomic E-state index is 0.0341. The van der Waals surface area contributed by atoms with Crippen molar-refractivity contribution in [2.75, 3.05) is 51.8 Å². The first-order valence-electron chi connectivity index (χ1n) is 28.4. The van der Waals surface area contributed by atoms with Crippen LogP contribution in [0.5, 0.6) is 0 Å². The van der Waals surface area contributed by atoms with Gasteiger partial charge in [-0.15, -0.1) is 10.2 Å². The average molecular weight is 1190 g/mol. The largest absolute Gasteiger partial charge is 0.480 e. The van der Waals surface area contributed by atoms with Crippen molar-refractivity contribution in [1.29, 1.82) is 0 Å². The summed E-state index contributed by atoms with van der Waals surface area (Å²) in [6, 6.07) is -3.57. The molecule has 0 aliphatic rings. The van der Waals surface area contributed by atoms with E-state index in [0.717, 1.165) is 49.9 Å². The topological polar surface area (TPSA) is 406 Å². The molecule has 0 bridgehead atoms. The molecular weight excluding hydrogens is 1100 g/mol. The third-order valence-electron chi connectivity index (χ3n) is 12.8. The van der Waals surface area contributed by atoms with E-state index in [9.17, 15) is 61.8 Å². The highest BCUT2D eigenvalue weighted by Crippen LogP contribution is 2.14. The van der Waals surface area contributed by atoms with Gasteiger partial charge in [-0.3, -0.25) is 43.4 Å². The third kappa shape index (κ3) is 42.8. The van der Waals surface area contributed by atoms with E-state index in [0.29, 0.717) is 51.7 Å². The Bertz CT molecular complexity index is 2120. The van der Waals surface area contributed by atoms with E-state index in [1.807, 2.05) is 0 Å². The number of nitrogens with one attached hydrogen (secondary N) is 8. The Kier molecular flexibility index (Phi) is 42.4. The van der Waals surface area contributed by atoms with E-state index < -0.39 is 87.8 Å². The van der Waals surface area contributed by atoms with Crippen LogP contribution in [0.2, 0.25) is 0 Å². The molecule has 0 aromatic carbocycles. The number of carbonyl (C=O) groups excluding carboxylic acids is 6. The lowest BCUT2D eigenvalue weighted by molar-refractivity contribution is -0.143. The van der Waals surface area contributed by atoms with Gasteiger partial charge in [0.15, 0.2) is 5.82 Å². The number of hydrogen-bond donors (Lipinski definition) is 11. The van der Waals surface area contributed by atoms with Crippen molar-refractivity contribution in [3.8, 4) is 0 Å². The van der Waals surface area contributed by atoms with Gasteiger partial charge in [0.25, 0.3) is 0 Å². The number of aryl methyl sites for hydroxylation is 1. The lowest BCUT2D eigenvalue weighted by atomic mass is 10.0. The molecule has 0 aliphatic heterocycles. The van der Waals surface area contributed by atoms with Crippen LogP contribution in [-0.4, -0.2) is 168 Å². The molecule has 4 atom stereocenters. The lowest BCUT2D eigenvalue weighted by Gasteiger charge is -2.17. The van der Waals surface area contributed by atoms with Crippen LogP contribution in [0.4, 0.5) is 0 Å². The van der Waals surface area contributed by atoms with Gasteiger partial charge >= 0.3 is 17.9 Å². The first-order chi connectivity index (χ1) is 38.8. The summed E-state index contributed by atoms with van der Waals surface area (Å²) in [7, 11) is -1.73. The van der Waals surface area contributed by atoms with Crippen LogP contribution in [0, 0.1) is 0 Å².